The lowest BCUT2D eigenvalue weighted by molar-refractivity contribution is -0.384. The van der Waals surface area contributed by atoms with Gasteiger partial charge in [-0.2, -0.15) is 0 Å². The fourth-order valence-corrected chi connectivity index (χ4v) is 2.08. The van der Waals surface area contributed by atoms with Gasteiger partial charge < -0.3 is 10.5 Å². The van der Waals surface area contributed by atoms with Crippen LogP contribution in [-0.4, -0.2) is 4.92 Å². The van der Waals surface area contributed by atoms with E-state index >= 15 is 0 Å². The lowest BCUT2D eigenvalue weighted by atomic mass is 10.1. The van der Waals surface area contributed by atoms with Gasteiger partial charge in [-0.1, -0.05) is 22.0 Å². The molecule has 0 aliphatic rings. The van der Waals surface area contributed by atoms with Crippen LogP contribution in [0.5, 0.6) is 11.5 Å². The van der Waals surface area contributed by atoms with Gasteiger partial charge in [-0.05, 0) is 31.2 Å². The second-order valence-electron chi connectivity index (χ2n) is 4.32. The Morgan fingerprint density at radius 2 is 1.90 bits per heavy atom. The largest absolute Gasteiger partial charge is 0.457 e. The van der Waals surface area contributed by atoms with Crippen LogP contribution in [0.4, 0.5) is 5.69 Å². The molecule has 0 bridgehead atoms. The number of hydrogen-bond acceptors (Lipinski definition) is 4. The Morgan fingerprint density at radius 1 is 1.25 bits per heavy atom. The molecule has 6 heteroatoms. The van der Waals surface area contributed by atoms with E-state index in [1.165, 1.54) is 12.1 Å². The standard InChI is InChI=1S/C14H13BrN2O3/c1-9(16)13-7-2-10(15)8-14(13)20-12-5-3-11(4-6-12)17(18)19/h2-9H,16H2,1H3. The zero-order chi connectivity index (χ0) is 14.7. The van der Waals surface area contributed by atoms with Crippen molar-refractivity contribution < 1.29 is 9.66 Å². The number of halogens is 1. The maximum Gasteiger partial charge on any atom is 0.269 e. The number of non-ortho nitro benzene ring substituents is 1. The molecule has 20 heavy (non-hydrogen) atoms. The Balaban J connectivity index is 2.29. The van der Waals surface area contributed by atoms with Gasteiger partial charge in [-0.3, -0.25) is 10.1 Å². The number of nitrogens with zero attached hydrogens (tertiary/aromatic N) is 1. The van der Waals surface area contributed by atoms with Crippen molar-refractivity contribution in [1.29, 1.82) is 0 Å². The summed E-state index contributed by atoms with van der Waals surface area (Å²) in [6.45, 7) is 1.87. The average Bonchev–Trinajstić information content (AvgIpc) is 2.39. The molecule has 0 amide bonds. The van der Waals surface area contributed by atoms with Gasteiger partial charge in [-0.25, -0.2) is 0 Å². The molecule has 104 valence electrons. The molecule has 2 aromatic carbocycles. The van der Waals surface area contributed by atoms with Crippen molar-refractivity contribution in [3.63, 3.8) is 0 Å². The van der Waals surface area contributed by atoms with Crippen LogP contribution in [0.15, 0.2) is 46.9 Å². The summed E-state index contributed by atoms with van der Waals surface area (Å²) in [6.07, 6.45) is 0. The van der Waals surface area contributed by atoms with Crippen molar-refractivity contribution in [3.8, 4) is 11.5 Å². The molecule has 0 radical (unpaired) electrons. The predicted molar refractivity (Wildman–Crippen MR) is 79.9 cm³/mol. The molecule has 0 fully saturated rings. The van der Waals surface area contributed by atoms with Crippen molar-refractivity contribution in [3.05, 3.63) is 62.6 Å². The lowest BCUT2D eigenvalue weighted by Crippen LogP contribution is -2.06. The third-order valence-electron chi connectivity index (χ3n) is 2.74. The molecule has 2 rings (SSSR count). The van der Waals surface area contributed by atoms with Gasteiger partial charge in [0.1, 0.15) is 11.5 Å². The Hall–Kier alpha value is -1.92. The van der Waals surface area contributed by atoms with Crippen molar-refractivity contribution >= 4 is 21.6 Å². The maximum absolute atomic E-state index is 10.6. The van der Waals surface area contributed by atoms with Gasteiger partial charge in [-0.15, -0.1) is 0 Å². The highest BCUT2D eigenvalue weighted by molar-refractivity contribution is 9.10. The normalized spacial score (nSPS) is 11.9. The van der Waals surface area contributed by atoms with Crippen LogP contribution in [0.1, 0.15) is 18.5 Å². The number of hydrogen-bond donors (Lipinski definition) is 1. The summed E-state index contributed by atoms with van der Waals surface area (Å²) >= 11 is 3.38. The monoisotopic (exact) mass is 336 g/mol. The van der Waals surface area contributed by atoms with Gasteiger partial charge in [0.2, 0.25) is 0 Å². The first kappa shape index (κ1) is 14.5. The topological polar surface area (TPSA) is 78.4 Å². The highest BCUT2D eigenvalue weighted by atomic mass is 79.9. The Labute approximate surface area is 124 Å². The quantitative estimate of drug-likeness (QED) is 0.671. The number of nitrogens with two attached hydrogens (primary N) is 1. The van der Waals surface area contributed by atoms with E-state index in [1.54, 1.807) is 12.1 Å². The summed E-state index contributed by atoms with van der Waals surface area (Å²) < 4.78 is 6.63. The lowest BCUT2D eigenvalue weighted by Gasteiger charge is -2.14. The van der Waals surface area contributed by atoms with E-state index in [1.807, 2.05) is 25.1 Å². The van der Waals surface area contributed by atoms with E-state index in [4.69, 9.17) is 10.5 Å². The second-order valence-corrected chi connectivity index (χ2v) is 5.24. The van der Waals surface area contributed by atoms with Crippen LogP contribution in [0.25, 0.3) is 0 Å². The SMILES string of the molecule is CC(N)c1ccc(Br)cc1Oc1ccc([N+](=O)[O-])cc1. The molecule has 0 saturated carbocycles. The van der Waals surface area contributed by atoms with Crippen LogP contribution >= 0.6 is 15.9 Å². The van der Waals surface area contributed by atoms with Gasteiger partial charge >= 0.3 is 0 Å². The predicted octanol–water partition coefficient (Wildman–Crippen LogP) is 4.17. The summed E-state index contributed by atoms with van der Waals surface area (Å²) in [7, 11) is 0. The minimum atomic E-state index is -0.448. The summed E-state index contributed by atoms with van der Waals surface area (Å²) in [4.78, 5) is 10.2. The first-order chi connectivity index (χ1) is 9.47. The van der Waals surface area contributed by atoms with Crippen molar-refractivity contribution in [1.82, 2.24) is 0 Å². The molecule has 0 aliphatic heterocycles. The smallest absolute Gasteiger partial charge is 0.269 e. The average molecular weight is 337 g/mol. The molecular formula is C14H13BrN2O3. The highest BCUT2D eigenvalue weighted by Gasteiger charge is 2.11. The van der Waals surface area contributed by atoms with E-state index in [0.29, 0.717) is 11.5 Å². The Bertz CT molecular complexity index is 627. The summed E-state index contributed by atoms with van der Waals surface area (Å²) in [5, 5.41) is 10.6. The van der Waals surface area contributed by atoms with Gasteiger partial charge in [0.15, 0.2) is 0 Å². The molecule has 0 saturated heterocycles. The summed E-state index contributed by atoms with van der Waals surface area (Å²) in [5.41, 5.74) is 6.79. The summed E-state index contributed by atoms with van der Waals surface area (Å²) in [6, 6.07) is 11.3. The Morgan fingerprint density at radius 3 is 2.45 bits per heavy atom. The minimum Gasteiger partial charge on any atom is -0.457 e. The molecule has 1 unspecified atom stereocenters. The van der Waals surface area contributed by atoms with Crippen LogP contribution in [0.3, 0.4) is 0 Å². The first-order valence-corrected chi connectivity index (χ1v) is 6.74. The van der Waals surface area contributed by atoms with E-state index < -0.39 is 4.92 Å². The molecule has 5 nitrogen and oxygen atoms in total. The van der Waals surface area contributed by atoms with Gasteiger partial charge in [0.25, 0.3) is 5.69 Å². The minimum absolute atomic E-state index is 0.0269. The zero-order valence-electron chi connectivity index (χ0n) is 10.7. The van der Waals surface area contributed by atoms with Crippen molar-refractivity contribution in [2.45, 2.75) is 13.0 Å². The molecule has 1 atom stereocenters. The number of benzene rings is 2. The Kier molecular flexibility index (Phi) is 4.36. The van der Waals surface area contributed by atoms with Gasteiger partial charge in [0.05, 0.1) is 4.92 Å². The summed E-state index contributed by atoms with van der Waals surface area (Å²) in [5.74, 6) is 1.15. The number of nitro groups is 1. The van der Waals surface area contributed by atoms with Crippen LogP contribution < -0.4 is 10.5 Å². The third kappa shape index (κ3) is 3.34. The van der Waals surface area contributed by atoms with Crippen molar-refractivity contribution in [2.75, 3.05) is 0 Å². The number of ether oxygens (including phenoxy) is 1. The van der Waals surface area contributed by atoms with Gasteiger partial charge in [0, 0.05) is 28.2 Å². The third-order valence-corrected chi connectivity index (χ3v) is 3.23. The van der Waals surface area contributed by atoms with E-state index in [-0.39, 0.29) is 11.7 Å². The molecule has 0 spiro atoms. The van der Waals surface area contributed by atoms with Crippen LogP contribution in [0.2, 0.25) is 0 Å². The first-order valence-electron chi connectivity index (χ1n) is 5.94. The molecule has 0 heterocycles. The molecule has 2 aromatic rings. The second kappa shape index (κ2) is 6.02. The van der Waals surface area contributed by atoms with E-state index in [0.717, 1.165) is 10.0 Å². The fraction of sp³-hybridized carbons (Fsp3) is 0.143. The van der Waals surface area contributed by atoms with Crippen molar-refractivity contribution in [2.24, 2.45) is 5.73 Å². The number of rotatable bonds is 4. The molecule has 2 N–H and O–H groups in total. The van der Waals surface area contributed by atoms with Crippen LogP contribution in [0, 0.1) is 10.1 Å². The molecule has 0 aromatic heterocycles. The van der Waals surface area contributed by atoms with E-state index in [2.05, 4.69) is 15.9 Å². The fourth-order valence-electron chi connectivity index (χ4n) is 1.74. The maximum atomic E-state index is 10.6. The van der Waals surface area contributed by atoms with Crippen LogP contribution in [-0.2, 0) is 0 Å². The highest BCUT2D eigenvalue weighted by Crippen LogP contribution is 2.32. The number of nitro benzene ring substituents is 1. The van der Waals surface area contributed by atoms with E-state index in [9.17, 15) is 10.1 Å². The molecular weight excluding hydrogens is 324 g/mol. The zero-order valence-corrected chi connectivity index (χ0v) is 12.3. The molecule has 0 aliphatic carbocycles.